The Bertz CT molecular complexity index is 1480. The lowest BCUT2D eigenvalue weighted by atomic mass is 9.97. The van der Waals surface area contributed by atoms with Gasteiger partial charge in [0.2, 0.25) is 5.91 Å². The lowest BCUT2D eigenvalue weighted by molar-refractivity contribution is -0.121. The molecule has 10 nitrogen and oxygen atoms in total. The molecule has 1 aromatic carbocycles. The third-order valence-electron chi connectivity index (χ3n) is 6.93. The number of nitrogens with zero attached hydrogens (tertiary/aromatic N) is 3. The summed E-state index contributed by atoms with van der Waals surface area (Å²) < 4.78 is 19.3. The van der Waals surface area contributed by atoms with Gasteiger partial charge < -0.3 is 33.9 Å². The number of piperidine rings is 1. The van der Waals surface area contributed by atoms with E-state index in [1.165, 1.54) is 11.3 Å². The number of methoxy groups -OCH3 is 2. The molecule has 41 heavy (non-hydrogen) atoms. The van der Waals surface area contributed by atoms with Crippen LogP contribution in [0.1, 0.15) is 39.2 Å². The Labute approximate surface area is 244 Å². The van der Waals surface area contributed by atoms with Gasteiger partial charge in [0.25, 0.3) is 5.56 Å². The van der Waals surface area contributed by atoms with Gasteiger partial charge >= 0.3 is 6.09 Å². The molecule has 2 amide bonds. The molecule has 1 saturated heterocycles. The van der Waals surface area contributed by atoms with Crippen molar-refractivity contribution in [2.75, 3.05) is 46.7 Å². The molecule has 3 heterocycles. The summed E-state index contributed by atoms with van der Waals surface area (Å²) >= 11 is 1.35. The maximum Gasteiger partial charge on any atom is 0.410 e. The van der Waals surface area contributed by atoms with Gasteiger partial charge in [-0.25, -0.2) is 4.79 Å². The van der Waals surface area contributed by atoms with Crippen LogP contribution in [-0.4, -0.2) is 73.4 Å². The van der Waals surface area contributed by atoms with Crippen LogP contribution in [0, 0.1) is 5.92 Å². The van der Waals surface area contributed by atoms with Gasteiger partial charge in [-0.3, -0.25) is 9.59 Å². The van der Waals surface area contributed by atoms with Crippen molar-refractivity contribution < 1.29 is 23.8 Å². The van der Waals surface area contributed by atoms with Crippen molar-refractivity contribution >= 4 is 38.4 Å². The molecule has 2 aromatic heterocycles. The van der Waals surface area contributed by atoms with Crippen LogP contribution in [0.2, 0.25) is 0 Å². The van der Waals surface area contributed by atoms with Crippen LogP contribution in [-0.2, 0) is 23.1 Å². The number of aryl methyl sites for hydroxylation is 1. The first-order valence-electron chi connectivity index (χ1n) is 13.6. The van der Waals surface area contributed by atoms with E-state index in [0.29, 0.717) is 47.8 Å². The molecule has 4 rings (SSSR count). The van der Waals surface area contributed by atoms with E-state index in [1.54, 1.807) is 43.0 Å². The number of anilines is 1. The minimum absolute atomic E-state index is 0.155. The summed E-state index contributed by atoms with van der Waals surface area (Å²) in [6.07, 6.45) is 2.77. The average Bonchev–Trinajstić information content (AvgIpc) is 3.33. The van der Waals surface area contributed by atoms with Gasteiger partial charge in [0.1, 0.15) is 17.1 Å². The number of likely N-dealkylation sites (tertiary alicyclic amines) is 1. The molecule has 0 aliphatic carbocycles. The fraction of sp³-hybridized carbons (Fsp3) is 0.500. The Morgan fingerprint density at radius 3 is 2.37 bits per heavy atom. The number of ether oxygens (including phenoxy) is 3. The first kappa shape index (κ1) is 30.4. The number of hydrogen-bond acceptors (Lipinski definition) is 8. The highest BCUT2D eigenvalue weighted by molar-refractivity contribution is 7.23. The molecule has 1 aliphatic rings. The van der Waals surface area contributed by atoms with E-state index in [2.05, 4.69) is 5.32 Å². The van der Waals surface area contributed by atoms with Crippen LogP contribution < -0.4 is 20.3 Å². The highest BCUT2D eigenvalue weighted by Crippen LogP contribution is 2.41. The maximum atomic E-state index is 13.3. The largest absolute Gasteiger partial charge is 0.496 e. The second-order valence-corrected chi connectivity index (χ2v) is 12.7. The van der Waals surface area contributed by atoms with Crippen LogP contribution in [0.3, 0.4) is 0 Å². The van der Waals surface area contributed by atoms with Gasteiger partial charge in [-0.2, -0.15) is 0 Å². The smallest absolute Gasteiger partial charge is 0.410 e. The van der Waals surface area contributed by atoms with Crippen LogP contribution in [0.25, 0.3) is 21.2 Å². The molecule has 1 N–H and O–H groups in total. The Kier molecular flexibility index (Phi) is 8.98. The monoisotopic (exact) mass is 584 g/mol. The number of pyridine rings is 1. The third-order valence-corrected chi connectivity index (χ3v) is 8.02. The highest BCUT2D eigenvalue weighted by atomic mass is 32.1. The number of rotatable bonds is 7. The predicted molar refractivity (Wildman–Crippen MR) is 162 cm³/mol. The normalized spacial score (nSPS) is 15.7. The Morgan fingerprint density at radius 1 is 1.12 bits per heavy atom. The summed E-state index contributed by atoms with van der Waals surface area (Å²) in [5.74, 6) is 0.820. The van der Waals surface area contributed by atoms with E-state index in [0.717, 1.165) is 21.4 Å². The second kappa shape index (κ2) is 12.1. The predicted octanol–water partition coefficient (Wildman–Crippen LogP) is 4.93. The van der Waals surface area contributed by atoms with Crippen LogP contribution in [0.4, 0.5) is 9.80 Å². The van der Waals surface area contributed by atoms with Crippen LogP contribution >= 0.6 is 11.3 Å². The summed E-state index contributed by atoms with van der Waals surface area (Å²) in [5, 5.41) is 4.10. The van der Waals surface area contributed by atoms with Crippen LogP contribution in [0.5, 0.6) is 11.5 Å². The summed E-state index contributed by atoms with van der Waals surface area (Å²) in [6.45, 7) is 6.95. The van der Waals surface area contributed by atoms with Crippen molar-refractivity contribution in [1.29, 1.82) is 0 Å². The zero-order valence-corrected chi connectivity index (χ0v) is 25.9. The summed E-state index contributed by atoms with van der Waals surface area (Å²) in [4.78, 5) is 42.6. The molecule has 11 heteroatoms. The number of aromatic nitrogens is 1. The summed E-state index contributed by atoms with van der Waals surface area (Å²) in [6, 6.07) is 5.63. The van der Waals surface area contributed by atoms with Gasteiger partial charge in [-0.1, -0.05) is 0 Å². The van der Waals surface area contributed by atoms with E-state index in [-0.39, 0.29) is 23.9 Å². The Morgan fingerprint density at radius 2 is 1.78 bits per heavy atom. The van der Waals surface area contributed by atoms with Crippen molar-refractivity contribution in [2.24, 2.45) is 13.0 Å². The second-order valence-electron chi connectivity index (χ2n) is 11.7. The van der Waals surface area contributed by atoms with E-state index in [4.69, 9.17) is 14.2 Å². The number of thiophene rings is 1. The molecule has 1 aliphatic heterocycles. The third kappa shape index (κ3) is 6.84. The summed E-state index contributed by atoms with van der Waals surface area (Å²) in [7, 11) is 8.92. The topological polar surface area (TPSA) is 102 Å². The number of benzene rings is 1. The SMILES string of the molecule is COc1cc(-c2cn(C)c(=O)c3cc(NC(=O)C4CCCN(C(=O)OC(C)(C)C)C4)sc23)cc(OC)c1CN(C)C. The zero-order chi connectivity index (χ0) is 30.1. The first-order chi connectivity index (χ1) is 19.3. The number of nitrogens with one attached hydrogen (secondary N) is 1. The number of amides is 2. The van der Waals surface area contributed by atoms with Crippen molar-refractivity contribution in [2.45, 2.75) is 45.8 Å². The fourth-order valence-electron chi connectivity index (χ4n) is 5.04. The quantitative estimate of drug-likeness (QED) is 0.420. The number of fused-ring (bicyclic) bond motifs is 1. The number of hydrogen-bond donors (Lipinski definition) is 1. The first-order valence-corrected chi connectivity index (χ1v) is 14.4. The van der Waals surface area contributed by atoms with Gasteiger partial charge in [-0.05, 0) is 71.5 Å². The number of carbonyl (C=O) groups is 2. The van der Waals surface area contributed by atoms with Gasteiger partial charge in [0.15, 0.2) is 0 Å². The lowest BCUT2D eigenvalue weighted by Gasteiger charge is -2.33. The molecule has 3 aromatic rings. The standard InChI is InChI=1S/C30H40N4O6S/c1-30(2,3)40-29(37)34-11-9-10-18(15-34)27(35)31-25-14-20-26(41-25)21(17-33(6)28(20)36)19-12-23(38-7)22(16-32(4)5)24(13-19)39-8/h12-14,17-18H,9-11,15-16H2,1-8H3,(H,31,35). The lowest BCUT2D eigenvalue weighted by Crippen LogP contribution is -2.45. The minimum atomic E-state index is -0.603. The van der Waals surface area contributed by atoms with Gasteiger partial charge in [0.05, 0.1) is 40.8 Å². The van der Waals surface area contributed by atoms with Crippen molar-refractivity contribution in [3.63, 3.8) is 0 Å². The van der Waals surface area contributed by atoms with E-state index < -0.39 is 11.7 Å². The fourth-order valence-corrected chi connectivity index (χ4v) is 6.12. The minimum Gasteiger partial charge on any atom is -0.496 e. The molecule has 0 bridgehead atoms. The molecular formula is C30H40N4O6S. The van der Waals surface area contributed by atoms with Gasteiger partial charge in [0, 0.05) is 38.4 Å². The molecule has 1 unspecified atom stereocenters. The number of carbonyl (C=O) groups excluding carboxylic acids is 2. The van der Waals surface area contributed by atoms with Crippen molar-refractivity contribution in [3.05, 3.63) is 40.3 Å². The molecule has 1 atom stereocenters. The summed E-state index contributed by atoms with van der Waals surface area (Å²) in [5.41, 5.74) is 1.83. The van der Waals surface area contributed by atoms with Crippen molar-refractivity contribution in [3.8, 4) is 22.6 Å². The molecule has 0 spiro atoms. The van der Waals surface area contributed by atoms with E-state index in [9.17, 15) is 14.4 Å². The van der Waals surface area contributed by atoms with Crippen molar-refractivity contribution in [1.82, 2.24) is 14.4 Å². The molecule has 1 fully saturated rings. The van der Waals surface area contributed by atoms with Crippen LogP contribution in [0.15, 0.2) is 29.2 Å². The van der Waals surface area contributed by atoms with E-state index in [1.807, 2.05) is 51.9 Å². The Hall–Kier alpha value is -3.57. The Balaban J connectivity index is 1.65. The molecular weight excluding hydrogens is 544 g/mol. The molecule has 0 radical (unpaired) electrons. The molecule has 222 valence electrons. The van der Waals surface area contributed by atoms with E-state index >= 15 is 0 Å². The highest BCUT2D eigenvalue weighted by Gasteiger charge is 2.31. The zero-order valence-electron chi connectivity index (χ0n) is 25.1. The average molecular weight is 585 g/mol. The van der Waals surface area contributed by atoms with Gasteiger partial charge in [-0.15, -0.1) is 11.3 Å². The maximum absolute atomic E-state index is 13.3. The molecule has 0 saturated carbocycles.